The molecule has 1 amide bonds. The van der Waals surface area contributed by atoms with Gasteiger partial charge < -0.3 is 4.74 Å². The minimum atomic E-state index is -1.64. The van der Waals surface area contributed by atoms with Crippen LogP contribution in [0.2, 0.25) is 0 Å². The van der Waals surface area contributed by atoms with Gasteiger partial charge in [-0.3, -0.25) is 0 Å². The predicted octanol–water partition coefficient (Wildman–Crippen LogP) is 3.51. The van der Waals surface area contributed by atoms with Crippen molar-refractivity contribution in [3.63, 3.8) is 0 Å². The van der Waals surface area contributed by atoms with Crippen molar-refractivity contribution >= 4 is 17.5 Å². The van der Waals surface area contributed by atoms with Gasteiger partial charge in [0.05, 0.1) is 5.69 Å². The monoisotopic (exact) mass is 339 g/mol. The molecule has 0 radical (unpaired) electrons. The van der Waals surface area contributed by atoms with Crippen LogP contribution in [0, 0.1) is 17.5 Å². The molecule has 0 saturated heterocycles. The van der Waals surface area contributed by atoms with Gasteiger partial charge in [0.1, 0.15) is 12.3 Å². The van der Waals surface area contributed by atoms with Gasteiger partial charge >= 0.3 is 6.09 Å². The number of benzene rings is 2. The van der Waals surface area contributed by atoms with Crippen LogP contribution in [-0.2, 0) is 4.74 Å². The standard InChI is InChI=1S/C15H9F4N3O2/c16-10-4-3-9(13(17)14(10)18)8-2-1-7(5-11(8)20-19)12-6-24-15(23)22-21-12/h1-5,20H,6H2,(H,22,23). The van der Waals surface area contributed by atoms with Crippen LogP contribution in [0.1, 0.15) is 5.56 Å². The van der Waals surface area contributed by atoms with Gasteiger partial charge in [0.2, 0.25) is 0 Å². The number of hydrogen-bond donors (Lipinski definition) is 2. The molecule has 0 bridgehead atoms. The van der Waals surface area contributed by atoms with Crippen molar-refractivity contribution in [1.29, 1.82) is 0 Å². The van der Waals surface area contributed by atoms with E-state index in [4.69, 9.17) is 4.74 Å². The third kappa shape index (κ3) is 2.75. The second kappa shape index (κ2) is 6.19. The average Bonchev–Trinajstić information content (AvgIpc) is 2.60. The molecule has 3 rings (SSSR count). The summed E-state index contributed by atoms with van der Waals surface area (Å²) >= 11 is 0. The topological polar surface area (TPSA) is 62.7 Å². The highest BCUT2D eigenvalue weighted by Gasteiger charge is 2.19. The quantitative estimate of drug-likeness (QED) is 0.511. The lowest BCUT2D eigenvalue weighted by Crippen LogP contribution is -2.30. The SMILES string of the molecule is O=C1NN=C(c2ccc(-c3ccc(F)c(F)c3F)c(NF)c2)CO1. The van der Waals surface area contributed by atoms with Crippen LogP contribution in [0.3, 0.4) is 0 Å². The third-order valence-corrected chi connectivity index (χ3v) is 3.40. The Kier molecular flexibility index (Phi) is 4.07. The summed E-state index contributed by atoms with van der Waals surface area (Å²) in [5, 5.41) is 3.76. The lowest BCUT2D eigenvalue weighted by atomic mass is 9.99. The maximum Gasteiger partial charge on any atom is 0.428 e. The summed E-state index contributed by atoms with van der Waals surface area (Å²) in [6.07, 6.45) is -0.719. The number of anilines is 1. The summed E-state index contributed by atoms with van der Waals surface area (Å²) in [5.74, 6) is -4.41. The fraction of sp³-hybridized carbons (Fsp3) is 0.0667. The van der Waals surface area contributed by atoms with Crippen LogP contribution >= 0.6 is 0 Å². The minimum Gasteiger partial charge on any atom is -0.442 e. The molecule has 1 aliphatic rings. The van der Waals surface area contributed by atoms with E-state index in [1.54, 1.807) is 0 Å². The first-order valence-electron chi connectivity index (χ1n) is 6.65. The highest BCUT2D eigenvalue weighted by Crippen LogP contribution is 2.33. The molecule has 5 nitrogen and oxygen atoms in total. The third-order valence-electron chi connectivity index (χ3n) is 3.40. The summed E-state index contributed by atoms with van der Waals surface area (Å²) in [4.78, 5) is 10.9. The predicted molar refractivity (Wildman–Crippen MR) is 77.5 cm³/mol. The van der Waals surface area contributed by atoms with Gasteiger partial charge in [-0.25, -0.2) is 28.9 Å². The molecule has 0 fully saturated rings. The first-order valence-corrected chi connectivity index (χ1v) is 6.65. The number of hydrogen-bond acceptors (Lipinski definition) is 4. The molecule has 1 heterocycles. The smallest absolute Gasteiger partial charge is 0.428 e. The zero-order valence-corrected chi connectivity index (χ0v) is 11.9. The number of hydrazone groups is 1. The van der Waals surface area contributed by atoms with Gasteiger partial charge in [0, 0.05) is 16.7 Å². The molecule has 2 aromatic carbocycles. The highest BCUT2D eigenvalue weighted by molar-refractivity contribution is 6.05. The first-order chi connectivity index (χ1) is 11.5. The Hall–Kier alpha value is -3.10. The fourth-order valence-electron chi connectivity index (χ4n) is 2.23. The zero-order valence-electron chi connectivity index (χ0n) is 11.9. The zero-order chi connectivity index (χ0) is 17.3. The van der Waals surface area contributed by atoms with E-state index < -0.39 is 23.5 Å². The Morgan fingerprint density at radius 3 is 2.50 bits per heavy atom. The second-order valence-electron chi connectivity index (χ2n) is 4.82. The number of cyclic esters (lactones) is 1. The number of carbonyl (C=O) groups is 1. The van der Waals surface area contributed by atoms with Crippen molar-refractivity contribution in [2.24, 2.45) is 5.10 Å². The summed E-state index contributed by atoms with van der Waals surface area (Å²) in [6.45, 7) is -0.129. The molecule has 124 valence electrons. The van der Waals surface area contributed by atoms with E-state index in [1.165, 1.54) is 23.7 Å². The molecule has 2 N–H and O–H groups in total. The number of nitrogens with zero attached hydrogens (tertiary/aromatic N) is 1. The van der Waals surface area contributed by atoms with Crippen LogP contribution in [0.4, 0.5) is 28.1 Å². The largest absolute Gasteiger partial charge is 0.442 e. The Morgan fingerprint density at radius 1 is 1.08 bits per heavy atom. The van der Waals surface area contributed by atoms with Crippen LogP contribution in [0.15, 0.2) is 35.4 Å². The number of rotatable bonds is 3. The maximum atomic E-state index is 13.9. The van der Waals surface area contributed by atoms with Crippen LogP contribution in [-0.4, -0.2) is 18.4 Å². The van der Waals surface area contributed by atoms with Crippen LogP contribution in [0.5, 0.6) is 0 Å². The lowest BCUT2D eigenvalue weighted by molar-refractivity contribution is 0.157. The van der Waals surface area contributed by atoms with E-state index in [0.29, 0.717) is 11.3 Å². The number of nitrogens with one attached hydrogen (secondary N) is 2. The normalized spacial score (nSPS) is 13.8. The summed E-state index contributed by atoms with van der Waals surface area (Å²) in [6, 6.07) is 5.79. The Morgan fingerprint density at radius 2 is 1.83 bits per heavy atom. The van der Waals surface area contributed by atoms with E-state index >= 15 is 0 Å². The second-order valence-corrected chi connectivity index (χ2v) is 4.82. The van der Waals surface area contributed by atoms with Crippen LogP contribution < -0.4 is 11.0 Å². The molecule has 0 aliphatic carbocycles. The Balaban J connectivity index is 2.05. The maximum absolute atomic E-state index is 13.9. The first kappa shape index (κ1) is 15.8. The number of carbonyl (C=O) groups excluding carboxylic acids is 1. The van der Waals surface area contributed by atoms with E-state index in [1.807, 2.05) is 0 Å². The fourth-order valence-corrected chi connectivity index (χ4v) is 2.23. The molecule has 0 unspecified atom stereocenters. The molecule has 9 heteroatoms. The molecule has 0 saturated carbocycles. The van der Waals surface area contributed by atoms with E-state index in [9.17, 15) is 22.4 Å². The van der Waals surface area contributed by atoms with Gasteiger partial charge in [-0.1, -0.05) is 12.1 Å². The van der Waals surface area contributed by atoms with Gasteiger partial charge in [-0.2, -0.15) is 5.10 Å². The molecule has 0 spiro atoms. The molecule has 2 aromatic rings. The molecule has 24 heavy (non-hydrogen) atoms. The van der Waals surface area contributed by atoms with Gasteiger partial charge in [0.15, 0.2) is 17.5 Å². The summed E-state index contributed by atoms with van der Waals surface area (Å²) in [5.41, 5.74) is 3.67. The number of amides is 1. The van der Waals surface area contributed by atoms with Gasteiger partial charge in [-0.05, 0) is 18.2 Å². The van der Waals surface area contributed by atoms with Crippen molar-refractivity contribution in [3.8, 4) is 11.1 Å². The van der Waals surface area contributed by atoms with E-state index in [-0.39, 0.29) is 23.4 Å². The Labute approximate surface area is 132 Å². The van der Waals surface area contributed by atoms with Crippen LogP contribution in [0.25, 0.3) is 11.1 Å². The van der Waals surface area contributed by atoms with Gasteiger partial charge in [0.25, 0.3) is 0 Å². The molecular weight excluding hydrogens is 330 g/mol. The van der Waals surface area contributed by atoms with Crippen molar-refractivity contribution in [2.45, 2.75) is 0 Å². The summed E-state index contributed by atoms with van der Waals surface area (Å²) < 4.78 is 58.2. The minimum absolute atomic E-state index is 0.0148. The molecule has 0 atom stereocenters. The highest BCUT2D eigenvalue weighted by atomic mass is 19.2. The molecule has 1 aliphatic heterocycles. The molecular formula is C15H9F4N3O2. The van der Waals surface area contributed by atoms with Gasteiger partial charge in [-0.15, -0.1) is 4.48 Å². The van der Waals surface area contributed by atoms with E-state index in [0.717, 1.165) is 12.1 Å². The average molecular weight is 339 g/mol. The van der Waals surface area contributed by atoms with Crippen molar-refractivity contribution in [3.05, 3.63) is 53.3 Å². The van der Waals surface area contributed by atoms with Crippen molar-refractivity contribution < 1.29 is 27.2 Å². The Bertz CT molecular complexity index is 855. The molecule has 0 aromatic heterocycles. The number of halogens is 4. The van der Waals surface area contributed by atoms with Crippen molar-refractivity contribution in [1.82, 2.24) is 5.43 Å². The lowest BCUT2D eigenvalue weighted by Gasteiger charge is -2.15. The van der Waals surface area contributed by atoms with E-state index in [2.05, 4.69) is 10.5 Å². The number of ether oxygens (including phenoxy) is 1. The van der Waals surface area contributed by atoms with Crippen molar-refractivity contribution in [2.75, 3.05) is 12.1 Å². The summed E-state index contributed by atoms with van der Waals surface area (Å²) in [7, 11) is 0.